The van der Waals surface area contributed by atoms with Gasteiger partial charge in [0.25, 0.3) is 5.91 Å². The van der Waals surface area contributed by atoms with Gasteiger partial charge in [-0.2, -0.15) is 0 Å². The Hall–Kier alpha value is -1.66. The van der Waals surface area contributed by atoms with Crippen molar-refractivity contribution in [2.75, 3.05) is 0 Å². The number of rotatable bonds is 4. The summed E-state index contributed by atoms with van der Waals surface area (Å²) >= 11 is 6.59. The Kier molecular flexibility index (Phi) is 5.14. The maximum absolute atomic E-state index is 12.2. The van der Waals surface area contributed by atoms with Crippen molar-refractivity contribution in [1.29, 1.82) is 0 Å². The highest BCUT2D eigenvalue weighted by Crippen LogP contribution is 2.21. The number of carboxylic acids is 1. The zero-order valence-electron chi connectivity index (χ0n) is 10.7. The lowest BCUT2D eigenvalue weighted by Crippen LogP contribution is -2.33. The van der Waals surface area contributed by atoms with Gasteiger partial charge in [0.1, 0.15) is 0 Å². The van der Waals surface area contributed by atoms with Gasteiger partial charge in [-0.05, 0) is 23.8 Å². The second-order valence-corrected chi connectivity index (χ2v) is 6.14. The van der Waals surface area contributed by atoms with E-state index in [4.69, 9.17) is 0 Å². The quantitative estimate of drug-likeness (QED) is 0.803. The molecule has 2 rings (SSSR count). The Balaban J connectivity index is 2.25. The fourth-order valence-electron chi connectivity index (χ4n) is 1.83. The van der Waals surface area contributed by atoms with Gasteiger partial charge in [0, 0.05) is 14.5 Å². The molecule has 108 valence electrons. The molecular weight excluding hydrogens is 402 g/mol. The number of hydrogen-bond donors (Lipinski definition) is 2. The second-order valence-electron chi connectivity index (χ2n) is 4.31. The van der Waals surface area contributed by atoms with Crippen LogP contribution in [0.4, 0.5) is 0 Å². The molecule has 2 aromatic carbocycles. The van der Waals surface area contributed by atoms with Crippen LogP contribution in [0.1, 0.15) is 22.0 Å². The second kappa shape index (κ2) is 6.87. The summed E-state index contributed by atoms with van der Waals surface area (Å²) in [4.78, 5) is 23.6. The number of aliphatic carboxylic acids is 1. The third-order valence-electron chi connectivity index (χ3n) is 2.78. The molecule has 2 N–H and O–H groups in total. The lowest BCUT2D eigenvalue weighted by molar-refractivity contribution is -0.139. The van der Waals surface area contributed by atoms with Crippen molar-refractivity contribution in [3.05, 3.63) is 68.6 Å². The van der Waals surface area contributed by atoms with Gasteiger partial charge in [-0.3, -0.25) is 4.79 Å². The maximum Gasteiger partial charge on any atom is 0.330 e. The van der Waals surface area contributed by atoms with E-state index in [1.807, 2.05) is 0 Å². The van der Waals surface area contributed by atoms with Crippen LogP contribution in [0.5, 0.6) is 0 Å². The first-order valence-corrected chi connectivity index (χ1v) is 7.60. The minimum absolute atomic E-state index is 0.374. The Bertz CT molecular complexity index is 654. The molecule has 0 saturated carbocycles. The van der Waals surface area contributed by atoms with Crippen molar-refractivity contribution in [3.63, 3.8) is 0 Å². The first kappa shape index (κ1) is 15.7. The van der Waals surface area contributed by atoms with Gasteiger partial charge in [-0.1, -0.05) is 62.2 Å². The highest BCUT2D eigenvalue weighted by Gasteiger charge is 2.22. The molecule has 4 nitrogen and oxygen atoms in total. The molecule has 0 bridgehead atoms. The van der Waals surface area contributed by atoms with E-state index >= 15 is 0 Å². The molecule has 2 aromatic rings. The molecule has 1 atom stereocenters. The minimum atomic E-state index is -1.11. The zero-order chi connectivity index (χ0) is 15.4. The molecule has 0 aromatic heterocycles. The lowest BCUT2D eigenvalue weighted by atomic mass is 10.1. The number of carbonyl (C=O) groups is 2. The van der Waals surface area contributed by atoms with Gasteiger partial charge < -0.3 is 10.4 Å². The van der Waals surface area contributed by atoms with Gasteiger partial charge in [-0.15, -0.1) is 0 Å². The molecule has 1 amide bonds. The summed E-state index contributed by atoms with van der Waals surface area (Å²) in [5, 5.41) is 11.8. The number of amides is 1. The Morgan fingerprint density at radius 1 is 1.00 bits per heavy atom. The van der Waals surface area contributed by atoms with Gasteiger partial charge in [-0.25, -0.2) is 4.79 Å². The molecule has 21 heavy (non-hydrogen) atoms. The average Bonchev–Trinajstić information content (AvgIpc) is 2.44. The van der Waals surface area contributed by atoms with Gasteiger partial charge in [0.2, 0.25) is 0 Å². The van der Waals surface area contributed by atoms with Crippen LogP contribution in [0, 0.1) is 0 Å². The van der Waals surface area contributed by atoms with Crippen LogP contribution in [0.15, 0.2) is 57.5 Å². The normalized spacial score (nSPS) is 11.7. The summed E-state index contributed by atoms with van der Waals surface area (Å²) in [6, 6.07) is 12.5. The van der Waals surface area contributed by atoms with Crippen molar-refractivity contribution in [2.24, 2.45) is 0 Å². The third kappa shape index (κ3) is 4.15. The van der Waals surface area contributed by atoms with E-state index in [2.05, 4.69) is 37.2 Å². The van der Waals surface area contributed by atoms with Crippen LogP contribution < -0.4 is 5.32 Å². The minimum Gasteiger partial charge on any atom is -0.479 e. The topological polar surface area (TPSA) is 66.4 Å². The van der Waals surface area contributed by atoms with Crippen LogP contribution in [0.2, 0.25) is 0 Å². The fourth-order valence-corrected chi connectivity index (χ4v) is 3.13. The number of halogens is 2. The van der Waals surface area contributed by atoms with Gasteiger partial charge in [0.05, 0.1) is 0 Å². The molecule has 0 aliphatic carbocycles. The van der Waals surface area contributed by atoms with Crippen molar-refractivity contribution < 1.29 is 14.7 Å². The predicted molar refractivity (Wildman–Crippen MR) is 86.1 cm³/mol. The number of nitrogens with one attached hydrogen (secondary N) is 1. The van der Waals surface area contributed by atoms with E-state index < -0.39 is 17.9 Å². The van der Waals surface area contributed by atoms with E-state index in [9.17, 15) is 14.7 Å². The number of hydrogen-bond acceptors (Lipinski definition) is 2. The summed E-state index contributed by atoms with van der Waals surface area (Å²) in [5.74, 6) is -1.56. The van der Waals surface area contributed by atoms with Gasteiger partial charge in [0.15, 0.2) is 6.04 Å². The highest BCUT2D eigenvalue weighted by molar-refractivity contribution is 9.11. The molecule has 0 aliphatic heterocycles. The van der Waals surface area contributed by atoms with E-state index in [1.165, 1.54) is 0 Å². The van der Waals surface area contributed by atoms with E-state index in [1.54, 1.807) is 48.5 Å². The summed E-state index contributed by atoms with van der Waals surface area (Å²) < 4.78 is 1.46. The molecule has 0 saturated heterocycles. The molecule has 0 spiro atoms. The molecule has 6 heteroatoms. The van der Waals surface area contributed by atoms with Crippen molar-refractivity contribution in [3.8, 4) is 0 Å². The molecule has 0 fully saturated rings. The summed E-state index contributed by atoms with van der Waals surface area (Å²) in [5.41, 5.74) is 0.894. The molecule has 0 radical (unpaired) electrons. The average molecular weight is 413 g/mol. The van der Waals surface area contributed by atoms with E-state index in [0.29, 0.717) is 11.1 Å². The Morgan fingerprint density at radius 3 is 2.10 bits per heavy atom. The van der Waals surface area contributed by atoms with Crippen LogP contribution in [-0.2, 0) is 4.79 Å². The Labute approximate surface area is 138 Å². The SMILES string of the molecule is O=C(N[C@H](C(=O)O)c1ccccc1)c1cc(Br)cc(Br)c1. The van der Waals surface area contributed by atoms with Crippen LogP contribution in [-0.4, -0.2) is 17.0 Å². The van der Waals surface area contributed by atoms with Crippen molar-refractivity contribution >= 4 is 43.7 Å². The smallest absolute Gasteiger partial charge is 0.330 e. The first-order chi connectivity index (χ1) is 9.97. The fraction of sp³-hybridized carbons (Fsp3) is 0.0667. The summed E-state index contributed by atoms with van der Waals surface area (Å²) in [6.07, 6.45) is 0. The number of benzene rings is 2. The van der Waals surface area contributed by atoms with Gasteiger partial charge >= 0.3 is 5.97 Å². The van der Waals surface area contributed by atoms with Crippen LogP contribution in [0.25, 0.3) is 0 Å². The maximum atomic E-state index is 12.2. The summed E-state index contributed by atoms with van der Waals surface area (Å²) in [6.45, 7) is 0. The molecular formula is C15H11Br2NO3. The number of carbonyl (C=O) groups excluding carboxylic acids is 1. The monoisotopic (exact) mass is 411 g/mol. The van der Waals surface area contributed by atoms with Crippen molar-refractivity contribution in [2.45, 2.75) is 6.04 Å². The predicted octanol–water partition coefficient (Wildman–Crippen LogP) is 3.77. The van der Waals surface area contributed by atoms with E-state index in [-0.39, 0.29) is 0 Å². The highest BCUT2D eigenvalue weighted by atomic mass is 79.9. The third-order valence-corrected chi connectivity index (χ3v) is 3.70. The lowest BCUT2D eigenvalue weighted by Gasteiger charge is -2.15. The molecule has 0 unspecified atom stereocenters. The van der Waals surface area contributed by atoms with Crippen LogP contribution in [0.3, 0.4) is 0 Å². The molecule has 0 heterocycles. The summed E-state index contributed by atoms with van der Waals surface area (Å²) in [7, 11) is 0. The number of carboxylic acid groups (broad SMARTS) is 1. The van der Waals surface area contributed by atoms with Crippen molar-refractivity contribution in [1.82, 2.24) is 5.32 Å². The first-order valence-electron chi connectivity index (χ1n) is 6.02. The zero-order valence-corrected chi connectivity index (χ0v) is 13.9. The Morgan fingerprint density at radius 2 is 1.57 bits per heavy atom. The standard InChI is InChI=1S/C15H11Br2NO3/c16-11-6-10(7-12(17)8-11)14(19)18-13(15(20)21)9-4-2-1-3-5-9/h1-8,13H,(H,18,19)(H,20,21)/t13-/m0/s1. The van der Waals surface area contributed by atoms with E-state index in [0.717, 1.165) is 8.95 Å². The largest absolute Gasteiger partial charge is 0.479 e. The van der Waals surface area contributed by atoms with Crippen LogP contribution >= 0.6 is 31.9 Å². The molecule has 0 aliphatic rings.